The van der Waals surface area contributed by atoms with Crippen molar-refractivity contribution in [2.24, 2.45) is 0 Å². The third kappa shape index (κ3) is 4.57. The average Bonchev–Trinajstić information content (AvgIpc) is 3.37. The summed E-state index contributed by atoms with van der Waals surface area (Å²) in [7, 11) is 0. The number of fused-ring (bicyclic) bond motifs is 1. The summed E-state index contributed by atoms with van der Waals surface area (Å²) in [5.41, 5.74) is 4.50. The number of carbonyl (C=O) groups is 1. The van der Waals surface area contributed by atoms with Gasteiger partial charge in [-0.1, -0.05) is 18.2 Å². The predicted molar refractivity (Wildman–Crippen MR) is 130 cm³/mol. The number of aryl methyl sites for hydroxylation is 2. The first kappa shape index (κ1) is 21.5. The Morgan fingerprint density at radius 2 is 1.94 bits per heavy atom. The van der Waals surface area contributed by atoms with E-state index in [2.05, 4.69) is 20.2 Å². The minimum absolute atomic E-state index is 0.00798. The summed E-state index contributed by atoms with van der Waals surface area (Å²) in [5.74, 6) is 0.599. The van der Waals surface area contributed by atoms with Crippen LogP contribution in [0.4, 0.5) is 5.13 Å². The normalized spacial score (nSPS) is 14.5. The summed E-state index contributed by atoms with van der Waals surface area (Å²) >= 11 is 1.66. The fraction of sp³-hybridized carbons (Fsp3) is 0.320. The third-order valence-electron chi connectivity index (χ3n) is 5.88. The molecule has 7 nitrogen and oxygen atoms in total. The van der Waals surface area contributed by atoms with Crippen LogP contribution in [0.25, 0.3) is 5.65 Å². The van der Waals surface area contributed by atoms with E-state index >= 15 is 0 Å². The smallest absolute Gasteiger partial charge is 0.257 e. The maximum absolute atomic E-state index is 13.4. The molecular weight excluding hydrogens is 434 g/mol. The average molecular weight is 462 g/mol. The van der Waals surface area contributed by atoms with Crippen molar-refractivity contribution < 1.29 is 9.53 Å². The molecule has 8 heteroatoms. The van der Waals surface area contributed by atoms with Gasteiger partial charge in [-0.05, 0) is 44.0 Å². The molecule has 33 heavy (non-hydrogen) atoms. The number of hydrogen-bond donors (Lipinski definition) is 0. The highest BCUT2D eigenvalue weighted by Gasteiger charge is 2.24. The summed E-state index contributed by atoms with van der Waals surface area (Å²) in [6.45, 7) is 7.43. The molecule has 0 saturated carbocycles. The first-order chi connectivity index (χ1) is 16.1. The van der Waals surface area contributed by atoms with Gasteiger partial charge in [0.15, 0.2) is 5.13 Å². The van der Waals surface area contributed by atoms with Gasteiger partial charge in [-0.25, -0.2) is 9.97 Å². The van der Waals surface area contributed by atoms with E-state index in [0.717, 1.165) is 53.8 Å². The Morgan fingerprint density at radius 1 is 1.06 bits per heavy atom. The number of amides is 1. The number of ether oxygens (including phenoxy) is 1. The number of anilines is 1. The summed E-state index contributed by atoms with van der Waals surface area (Å²) in [6, 6.07) is 11.5. The zero-order valence-corrected chi connectivity index (χ0v) is 19.7. The molecular formula is C25H27N5O2S. The van der Waals surface area contributed by atoms with Crippen LogP contribution in [0.2, 0.25) is 0 Å². The molecule has 0 spiro atoms. The van der Waals surface area contributed by atoms with Gasteiger partial charge in [0.1, 0.15) is 18.0 Å². The van der Waals surface area contributed by atoms with Crippen LogP contribution < -0.4 is 9.64 Å². The number of para-hydroxylation sites is 1. The number of thiazole rings is 1. The molecule has 0 aliphatic carbocycles. The van der Waals surface area contributed by atoms with Crippen LogP contribution in [0, 0.1) is 13.8 Å². The third-order valence-corrected chi connectivity index (χ3v) is 6.90. The van der Waals surface area contributed by atoms with Crippen molar-refractivity contribution in [3.63, 3.8) is 0 Å². The van der Waals surface area contributed by atoms with Gasteiger partial charge in [0.25, 0.3) is 5.91 Å². The number of nitrogens with zero attached hydrogens (tertiary/aromatic N) is 5. The van der Waals surface area contributed by atoms with Crippen LogP contribution in [-0.4, -0.2) is 51.4 Å². The minimum Gasteiger partial charge on any atom is -0.486 e. The van der Waals surface area contributed by atoms with E-state index in [9.17, 15) is 4.79 Å². The quantitative estimate of drug-likeness (QED) is 0.442. The lowest BCUT2D eigenvalue weighted by molar-refractivity contribution is 0.0762. The van der Waals surface area contributed by atoms with Crippen molar-refractivity contribution in [3.8, 4) is 5.75 Å². The molecule has 4 aromatic rings. The number of hydrogen-bond acceptors (Lipinski definition) is 6. The maximum atomic E-state index is 13.4. The topological polar surface area (TPSA) is 63.0 Å². The summed E-state index contributed by atoms with van der Waals surface area (Å²) in [4.78, 5) is 26.9. The van der Waals surface area contributed by atoms with Gasteiger partial charge in [0.05, 0.1) is 17.0 Å². The number of carbonyl (C=O) groups excluding carboxylic acids is 1. The molecule has 0 unspecified atom stereocenters. The summed E-state index contributed by atoms with van der Waals surface area (Å²) in [6.07, 6.45) is 4.86. The molecule has 5 rings (SSSR count). The Hall–Kier alpha value is -3.39. The molecule has 3 aromatic heterocycles. The van der Waals surface area contributed by atoms with Gasteiger partial charge < -0.3 is 18.9 Å². The van der Waals surface area contributed by atoms with Crippen LogP contribution in [0.1, 0.15) is 33.7 Å². The Balaban J connectivity index is 1.28. The number of benzene rings is 1. The van der Waals surface area contributed by atoms with Gasteiger partial charge in [0, 0.05) is 44.0 Å². The zero-order valence-electron chi connectivity index (χ0n) is 18.9. The molecule has 1 amide bonds. The van der Waals surface area contributed by atoms with E-state index < -0.39 is 0 Å². The lowest BCUT2D eigenvalue weighted by Crippen LogP contribution is -2.35. The lowest BCUT2D eigenvalue weighted by atomic mass is 10.1. The molecule has 1 aliphatic heterocycles. The van der Waals surface area contributed by atoms with Crippen molar-refractivity contribution in [2.75, 3.05) is 31.1 Å². The van der Waals surface area contributed by atoms with E-state index in [0.29, 0.717) is 24.5 Å². The van der Waals surface area contributed by atoms with E-state index in [4.69, 9.17) is 4.74 Å². The van der Waals surface area contributed by atoms with Gasteiger partial charge in [0.2, 0.25) is 0 Å². The van der Waals surface area contributed by atoms with Crippen molar-refractivity contribution in [1.82, 2.24) is 19.3 Å². The van der Waals surface area contributed by atoms with E-state index in [1.807, 2.05) is 71.9 Å². The molecule has 0 atom stereocenters. The van der Waals surface area contributed by atoms with Gasteiger partial charge >= 0.3 is 0 Å². The highest BCUT2D eigenvalue weighted by Crippen LogP contribution is 2.24. The number of aromatic nitrogens is 3. The van der Waals surface area contributed by atoms with Crippen LogP contribution in [0.5, 0.6) is 5.75 Å². The molecule has 0 radical (unpaired) electrons. The second-order valence-electron chi connectivity index (χ2n) is 8.34. The van der Waals surface area contributed by atoms with Gasteiger partial charge in [-0.15, -0.1) is 11.3 Å². The van der Waals surface area contributed by atoms with E-state index in [1.54, 1.807) is 11.3 Å². The van der Waals surface area contributed by atoms with Crippen molar-refractivity contribution >= 4 is 28.0 Å². The predicted octanol–water partition coefficient (Wildman–Crippen LogP) is 4.34. The lowest BCUT2D eigenvalue weighted by Gasteiger charge is -2.22. The Morgan fingerprint density at radius 3 is 2.76 bits per heavy atom. The molecule has 4 heterocycles. The molecule has 0 N–H and O–H groups in total. The number of rotatable bonds is 5. The SMILES string of the molecule is Cc1csc(N2CCCN(C(=O)c3ccccc3OCc3cn4cccc(C)c4n3)CC2)n1. The van der Waals surface area contributed by atoms with Crippen LogP contribution in [-0.2, 0) is 6.61 Å². The molecule has 1 fully saturated rings. The highest BCUT2D eigenvalue weighted by molar-refractivity contribution is 7.13. The summed E-state index contributed by atoms with van der Waals surface area (Å²) in [5, 5.41) is 3.11. The van der Waals surface area contributed by atoms with E-state index in [1.165, 1.54) is 0 Å². The molecule has 170 valence electrons. The first-order valence-electron chi connectivity index (χ1n) is 11.2. The first-order valence-corrected chi connectivity index (χ1v) is 12.1. The van der Waals surface area contributed by atoms with Gasteiger partial charge in [-0.2, -0.15) is 0 Å². The van der Waals surface area contributed by atoms with Crippen LogP contribution in [0.15, 0.2) is 54.2 Å². The zero-order chi connectivity index (χ0) is 22.8. The number of pyridine rings is 1. The fourth-order valence-corrected chi connectivity index (χ4v) is 5.02. The molecule has 1 saturated heterocycles. The second kappa shape index (κ2) is 9.23. The molecule has 1 aromatic carbocycles. The van der Waals surface area contributed by atoms with Crippen molar-refractivity contribution in [3.05, 3.63) is 76.7 Å². The van der Waals surface area contributed by atoms with Crippen molar-refractivity contribution in [1.29, 1.82) is 0 Å². The Bertz CT molecular complexity index is 1280. The Kier molecular flexibility index (Phi) is 6.00. The standard InChI is InChI=1S/C25H27N5O2S/c1-18-7-5-10-30-15-20(27-23(18)30)16-32-22-9-4-3-8-21(22)24(31)28-11-6-12-29(14-13-28)25-26-19(2)17-33-25/h3-5,7-10,15,17H,6,11-14,16H2,1-2H3. The molecule has 1 aliphatic rings. The van der Waals surface area contributed by atoms with Crippen LogP contribution >= 0.6 is 11.3 Å². The minimum atomic E-state index is 0.00798. The highest BCUT2D eigenvalue weighted by atomic mass is 32.1. The monoisotopic (exact) mass is 461 g/mol. The second-order valence-corrected chi connectivity index (χ2v) is 9.18. The van der Waals surface area contributed by atoms with Crippen LogP contribution in [0.3, 0.4) is 0 Å². The van der Waals surface area contributed by atoms with Gasteiger partial charge in [-0.3, -0.25) is 4.79 Å². The largest absolute Gasteiger partial charge is 0.486 e. The maximum Gasteiger partial charge on any atom is 0.257 e. The number of imidazole rings is 1. The summed E-state index contributed by atoms with van der Waals surface area (Å²) < 4.78 is 8.08. The van der Waals surface area contributed by atoms with Crippen molar-refractivity contribution in [2.45, 2.75) is 26.9 Å². The van der Waals surface area contributed by atoms with E-state index in [-0.39, 0.29) is 5.91 Å². The Labute approximate surface area is 197 Å². The fourth-order valence-electron chi connectivity index (χ4n) is 4.16. The molecule has 0 bridgehead atoms.